The van der Waals surface area contributed by atoms with Crippen LogP contribution >= 0.6 is 0 Å². The molecule has 0 spiro atoms. The van der Waals surface area contributed by atoms with Gasteiger partial charge in [-0.2, -0.15) is 4.98 Å². The van der Waals surface area contributed by atoms with Gasteiger partial charge in [0.25, 0.3) is 5.89 Å². The first-order valence-corrected chi connectivity index (χ1v) is 7.85. The molecule has 0 saturated heterocycles. The third kappa shape index (κ3) is 3.97. The van der Waals surface area contributed by atoms with Gasteiger partial charge >= 0.3 is 6.03 Å². The zero-order chi connectivity index (χ0) is 16.1. The molecular formula is C17H20N4O2. The van der Waals surface area contributed by atoms with Gasteiger partial charge in [-0.3, -0.25) is 0 Å². The van der Waals surface area contributed by atoms with Gasteiger partial charge in [-0.1, -0.05) is 35.5 Å². The molecule has 0 saturated carbocycles. The Morgan fingerprint density at radius 3 is 2.91 bits per heavy atom. The number of aromatic nitrogens is 2. The summed E-state index contributed by atoms with van der Waals surface area (Å²) in [7, 11) is 0. The molecule has 0 radical (unpaired) electrons. The summed E-state index contributed by atoms with van der Waals surface area (Å²) in [6.07, 6.45) is 7.29. The monoisotopic (exact) mass is 312 g/mol. The van der Waals surface area contributed by atoms with Gasteiger partial charge < -0.3 is 15.2 Å². The van der Waals surface area contributed by atoms with Crippen molar-refractivity contribution in [2.75, 3.05) is 0 Å². The fraction of sp³-hybridized carbons (Fsp3) is 0.353. The molecule has 1 aromatic heterocycles. The molecule has 2 N–H and O–H groups in total. The van der Waals surface area contributed by atoms with Crippen molar-refractivity contribution in [3.63, 3.8) is 0 Å². The molecular weight excluding hydrogens is 292 g/mol. The maximum absolute atomic E-state index is 12.0. The molecule has 2 amide bonds. The molecule has 1 aromatic carbocycles. The summed E-state index contributed by atoms with van der Waals surface area (Å²) in [6, 6.07) is 9.09. The van der Waals surface area contributed by atoms with E-state index in [1.165, 1.54) is 0 Å². The summed E-state index contributed by atoms with van der Waals surface area (Å²) >= 11 is 0. The third-order valence-corrected chi connectivity index (χ3v) is 3.77. The molecule has 1 heterocycles. The lowest BCUT2D eigenvalue weighted by molar-refractivity contribution is 0.234. The number of nitrogens with zero attached hydrogens (tertiary/aromatic N) is 2. The number of urea groups is 1. The molecule has 6 heteroatoms. The minimum absolute atomic E-state index is 0.0982. The maximum Gasteiger partial charge on any atom is 0.315 e. The van der Waals surface area contributed by atoms with Crippen molar-refractivity contribution < 1.29 is 9.32 Å². The molecule has 0 bridgehead atoms. The minimum Gasteiger partial charge on any atom is -0.334 e. The largest absolute Gasteiger partial charge is 0.334 e. The van der Waals surface area contributed by atoms with Crippen molar-refractivity contribution in [3.05, 3.63) is 48.3 Å². The first-order valence-electron chi connectivity index (χ1n) is 7.85. The van der Waals surface area contributed by atoms with Gasteiger partial charge in [0.2, 0.25) is 0 Å². The predicted octanol–water partition coefficient (Wildman–Crippen LogP) is 3.21. The van der Waals surface area contributed by atoms with E-state index in [4.69, 9.17) is 4.52 Å². The van der Waals surface area contributed by atoms with Crippen molar-refractivity contribution in [3.8, 4) is 11.5 Å². The molecule has 1 aliphatic rings. The molecule has 120 valence electrons. The summed E-state index contributed by atoms with van der Waals surface area (Å²) in [5, 5.41) is 9.72. The van der Waals surface area contributed by atoms with Crippen molar-refractivity contribution in [2.45, 2.75) is 38.3 Å². The molecule has 23 heavy (non-hydrogen) atoms. The van der Waals surface area contributed by atoms with Gasteiger partial charge in [0.1, 0.15) is 0 Å². The summed E-state index contributed by atoms with van der Waals surface area (Å²) in [4.78, 5) is 16.4. The fourth-order valence-corrected chi connectivity index (χ4v) is 2.51. The number of amides is 2. The Labute approximate surface area is 135 Å². The molecule has 6 nitrogen and oxygen atoms in total. The summed E-state index contributed by atoms with van der Waals surface area (Å²) in [6.45, 7) is 1.83. The topological polar surface area (TPSA) is 80.0 Å². The molecule has 1 aliphatic carbocycles. The standard InChI is InChI=1S/C17H20N4O2/c1-12(18-17(22)19-14-10-6-3-7-11-14)15-20-16(23-21-15)13-8-4-2-5-9-13/h2,4-6,8-10,12,14H,3,7,11H2,1H3,(H2,18,19,22)/t12-,14-/m0/s1. The lowest BCUT2D eigenvalue weighted by Gasteiger charge is -2.19. The van der Waals surface area contributed by atoms with Crippen molar-refractivity contribution in [2.24, 2.45) is 0 Å². The van der Waals surface area contributed by atoms with Crippen LogP contribution in [0.1, 0.15) is 38.1 Å². The highest BCUT2D eigenvalue weighted by Gasteiger charge is 2.18. The van der Waals surface area contributed by atoms with Crippen LogP contribution in [0.3, 0.4) is 0 Å². The quantitative estimate of drug-likeness (QED) is 0.850. The number of benzene rings is 1. The van der Waals surface area contributed by atoms with Crippen molar-refractivity contribution in [1.82, 2.24) is 20.8 Å². The van der Waals surface area contributed by atoms with Crippen molar-refractivity contribution >= 4 is 6.03 Å². The van der Waals surface area contributed by atoms with Gasteiger partial charge in [-0.15, -0.1) is 0 Å². The number of nitrogens with one attached hydrogen (secondary N) is 2. The third-order valence-electron chi connectivity index (χ3n) is 3.77. The van der Waals surface area contributed by atoms with Crippen LogP contribution in [0.4, 0.5) is 4.79 Å². The Morgan fingerprint density at radius 1 is 1.35 bits per heavy atom. The van der Waals surface area contributed by atoms with E-state index >= 15 is 0 Å². The van der Waals surface area contributed by atoms with Crippen LogP contribution in [0.5, 0.6) is 0 Å². The van der Waals surface area contributed by atoms with Crippen LogP contribution in [0.25, 0.3) is 11.5 Å². The van der Waals surface area contributed by atoms with E-state index in [1.54, 1.807) is 0 Å². The maximum atomic E-state index is 12.0. The van der Waals surface area contributed by atoms with Crippen LogP contribution in [0.2, 0.25) is 0 Å². The molecule has 0 unspecified atom stereocenters. The van der Waals surface area contributed by atoms with Crippen LogP contribution in [-0.2, 0) is 0 Å². The molecule has 3 rings (SSSR count). The van der Waals surface area contributed by atoms with Crippen LogP contribution < -0.4 is 10.6 Å². The Kier molecular flexibility index (Phi) is 4.71. The summed E-state index contributed by atoms with van der Waals surface area (Å²) < 4.78 is 5.26. The molecule has 2 aromatic rings. The Balaban J connectivity index is 1.59. The summed E-state index contributed by atoms with van der Waals surface area (Å²) in [5.74, 6) is 0.906. The Bertz CT molecular complexity index is 681. The second-order valence-corrected chi connectivity index (χ2v) is 5.63. The smallest absolute Gasteiger partial charge is 0.315 e. The minimum atomic E-state index is -0.330. The van der Waals surface area contributed by atoms with Crippen LogP contribution in [0, 0.1) is 0 Å². The average Bonchev–Trinajstić information content (AvgIpc) is 3.06. The van der Waals surface area contributed by atoms with Crippen LogP contribution in [0.15, 0.2) is 47.0 Å². The van der Waals surface area contributed by atoms with Gasteiger partial charge in [-0.05, 0) is 38.3 Å². The summed E-state index contributed by atoms with van der Waals surface area (Å²) in [5.41, 5.74) is 0.857. The fourth-order valence-electron chi connectivity index (χ4n) is 2.51. The van der Waals surface area contributed by atoms with E-state index < -0.39 is 0 Å². The van der Waals surface area contributed by atoms with E-state index in [1.807, 2.05) is 43.3 Å². The van der Waals surface area contributed by atoms with Gasteiger partial charge in [0, 0.05) is 11.6 Å². The second kappa shape index (κ2) is 7.09. The van der Waals surface area contributed by atoms with Gasteiger partial charge in [0.15, 0.2) is 5.82 Å². The highest BCUT2D eigenvalue weighted by molar-refractivity contribution is 5.74. The normalized spacial score (nSPS) is 18.4. The van der Waals surface area contributed by atoms with E-state index in [0.29, 0.717) is 11.7 Å². The number of carbonyl (C=O) groups is 1. The number of allylic oxidation sites excluding steroid dienone is 1. The second-order valence-electron chi connectivity index (χ2n) is 5.63. The van der Waals surface area contributed by atoms with Gasteiger partial charge in [0.05, 0.1) is 6.04 Å². The van der Waals surface area contributed by atoms with E-state index in [-0.39, 0.29) is 18.1 Å². The SMILES string of the molecule is C[C@H](NC(=O)N[C@H]1C=CCCC1)c1noc(-c2ccccc2)n1. The number of carbonyl (C=O) groups excluding carboxylic acids is 1. The predicted molar refractivity (Wildman–Crippen MR) is 86.6 cm³/mol. The number of hydrogen-bond acceptors (Lipinski definition) is 4. The molecule has 0 aliphatic heterocycles. The zero-order valence-electron chi connectivity index (χ0n) is 13.0. The first kappa shape index (κ1) is 15.3. The lowest BCUT2D eigenvalue weighted by Crippen LogP contribution is -2.42. The Hall–Kier alpha value is -2.63. The molecule has 2 atom stereocenters. The number of rotatable bonds is 4. The Morgan fingerprint density at radius 2 is 2.17 bits per heavy atom. The van der Waals surface area contributed by atoms with Crippen LogP contribution in [-0.4, -0.2) is 22.2 Å². The van der Waals surface area contributed by atoms with E-state index in [2.05, 4.69) is 26.9 Å². The molecule has 0 fully saturated rings. The van der Waals surface area contributed by atoms with E-state index in [0.717, 1.165) is 24.8 Å². The zero-order valence-corrected chi connectivity index (χ0v) is 13.0. The number of hydrogen-bond donors (Lipinski definition) is 2. The van der Waals surface area contributed by atoms with E-state index in [9.17, 15) is 4.79 Å². The highest BCUT2D eigenvalue weighted by Crippen LogP contribution is 2.18. The first-order chi connectivity index (χ1) is 11.2. The lowest BCUT2D eigenvalue weighted by atomic mass is 10.0. The van der Waals surface area contributed by atoms with Gasteiger partial charge in [-0.25, -0.2) is 4.79 Å². The highest BCUT2D eigenvalue weighted by atomic mass is 16.5. The van der Waals surface area contributed by atoms with Crippen molar-refractivity contribution in [1.29, 1.82) is 0 Å². The average molecular weight is 312 g/mol.